The Labute approximate surface area is 158 Å². The van der Waals surface area contributed by atoms with Crippen molar-refractivity contribution in [2.24, 2.45) is 0 Å². The third kappa shape index (κ3) is 4.55. The van der Waals surface area contributed by atoms with Gasteiger partial charge >= 0.3 is 0 Å². The Hall–Kier alpha value is -2.52. The second-order valence-electron chi connectivity index (χ2n) is 5.58. The van der Waals surface area contributed by atoms with Crippen molar-refractivity contribution < 1.29 is 9.59 Å². The van der Waals surface area contributed by atoms with E-state index in [9.17, 15) is 9.59 Å². The maximum absolute atomic E-state index is 12.6. The summed E-state index contributed by atoms with van der Waals surface area (Å²) in [5.74, 6) is -0.166. The number of anilines is 1. The predicted molar refractivity (Wildman–Crippen MR) is 102 cm³/mol. The molecule has 9 heteroatoms. The van der Waals surface area contributed by atoms with Gasteiger partial charge in [-0.3, -0.25) is 9.59 Å². The Balaban J connectivity index is 1.66. The summed E-state index contributed by atoms with van der Waals surface area (Å²) >= 11 is 2.96. The molecule has 0 aliphatic heterocycles. The molecule has 0 fully saturated rings. The average Bonchev–Trinajstić information content (AvgIpc) is 3.27. The molecule has 26 heavy (non-hydrogen) atoms. The number of nitrogens with zero attached hydrogens (tertiary/aromatic N) is 4. The van der Waals surface area contributed by atoms with Crippen molar-refractivity contribution >= 4 is 40.5 Å². The molecule has 0 radical (unpaired) electrons. The summed E-state index contributed by atoms with van der Waals surface area (Å²) in [6.07, 6.45) is 0. The van der Waals surface area contributed by atoms with Gasteiger partial charge in [-0.1, -0.05) is 17.8 Å². The molecule has 2 aromatic heterocycles. The van der Waals surface area contributed by atoms with E-state index in [4.69, 9.17) is 0 Å². The topological polar surface area (TPSA) is 89.8 Å². The van der Waals surface area contributed by atoms with Crippen LogP contribution in [-0.4, -0.2) is 37.1 Å². The van der Waals surface area contributed by atoms with Gasteiger partial charge in [-0.05, 0) is 53.1 Å². The van der Waals surface area contributed by atoms with Crippen molar-refractivity contribution in [1.82, 2.24) is 20.2 Å². The minimum atomic E-state index is -0.338. The van der Waals surface area contributed by atoms with Crippen LogP contribution in [0, 0.1) is 0 Å². The smallest absolute Gasteiger partial charge is 0.221 e. The molecule has 1 atom stereocenters. The minimum Gasteiger partial charge on any atom is -0.326 e. The molecule has 0 bridgehead atoms. The van der Waals surface area contributed by atoms with Gasteiger partial charge < -0.3 is 5.32 Å². The van der Waals surface area contributed by atoms with Crippen LogP contribution in [0.5, 0.6) is 0 Å². The van der Waals surface area contributed by atoms with E-state index in [0.717, 1.165) is 4.88 Å². The molecule has 2 heterocycles. The average molecular weight is 387 g/mol. The van der Waals surface area contributed by atoms with Crippen LogP contribution in [-0.2, 0) is 11.3 Å². The minimum absolute atomic E-state index is 0.0185. The standard InChI is InChI=1S/C17H17N5O2S2/c1-11(16(24)13-5-7-14(8-6-13)18-12(2)23)26-17-19-20-21-22(17)10-15-4-3-9-25-15/h3-9,11H,10H2,1-2H3,(H,18,23). The summed E-state index contributed by atoms with van der Waals surface area (Å²) in [4.78, 5) is 24.9. The van der Waals surface area contributed by atoms with Crippen molar-refractivity contribution in [1.29, 1.82) is 0 Å². The van der Waals surface area contributed by atoms with Gasteiger partial charge in [-0.2, -0.15) is 0 Å². The van der Waals surface area contributed by atoms with Crippen molar-refractivity contribution in [3.63, 3.8) is 0 Å². The lowest BCUT2D eigenvalue weighted by molar-refractivity contribution is -0.114. The van der Waals surface area contributed by atoms with Crippen LogP contribution >= 0.6 is 23.1 Å². The van der Waals surface area contributed by atoms with Crippen LogP contribution in [0.2, 0.25) is 0 Å². The lowest BCUT2D eigenvalue weighted by Gasteiger charge is -2.10. The van der Waals surface area contributed by atoms with E-state index in [-0.39, 0.29) is 16.9 Å². The van der Waals surface area contributed by atoms with E-state index in [1.807, 2.05) is 24.4 Å². The molecule has 0 saturated carbocycles. The van der Waals surface area contributed by atoms with Crippen LogP contribution in [0.4, 0.5) is 5.69 Å². The number of benzene rings is 1. The quantitative estimate of drug-likeness (QED) is 0.495. The molecule has 0 spiro atoms. The highest BCUT2D eigenvalue weighted by Gasteiger charge is 2.20. The number of thiophene rings is 1. The Kier molecular flexibility index (Phi) is 5.79. The van der Waals surface area contributed by atoms with Crippen molar-refractivity contribution in [3.8, 4) is 0 Å². The molecule has 3 aromatic rings. The molecule has 0 aliphatic rings. The van der Waals surface area contributed by atoms with E-state index in [1.165, 1.54) is 18.7 Å². The van der Waals surface area contributed by atoms with Gasteiger partial charge in [0.1, 0.15) is 0 Å². The van der Waals surface area contributed by atoms with Crippen LogP contribution in [0.1, 0.15) is 29.1 Å². The van der Waals surface area contributed by atoms with E-state index < -0.39 is 0 Å². The Morgan fingerprint density at radius 2 is 2.04 bits per heavy atom. The molecule has 1 amide bonds. The highest BCUT2D eigenvalue weighted by Crippen LogP contribution is 2.25. The maximum Gasteiger partial charge on any atom is 0.221 e. The molecule has 3 rings (SSSR count). The zero-order chi connectivity index (χ0) is 18.5. The second kappa shape index (κ2) is 8.24. The zero-order valence-corrected chi connectivity index (χ0v) is 15.9. The first-order valence-electron chi connectivity index (χ1n) is 7.90. The number of aromatic nitrogens is 4. The summed E-state index contributed by atoms with van der Waals surface area (Å²) in [5, 5.41) is 16.7. The normalized spacial score (nSPS) is 11.9. The maximum atomic E-state index is 12.6. The fourth-order valence-electron chi connectivity index (χ4n) is 2.30. The summed E-state index contributed by atoms with van der Waals surface area (Å²) < 4.78 is 1.69. The molecule has 0 aliphatic carbocycles. The summed E-state index contributed by atoms with van der Waals surface area (Å²) in [6.45, 7) is 3.86. The Morgan fingerprint density at radius 3 is 2.69 bits per heavy atom. The number of hydrogen-bond donors (Lipinski definition) is 1. The molecule has 0 saturated heterocycles. The molecule has 1 aromatic carbocycles. The number of carbonyl (C=O) groups is 2. The highest BCUT2D eigenvalue weighted by molar-refractivity contribution is 8.00. The van der Waals surface area contributed by atoms with Gasteiger partial charge in [0.25, 0.3) is 0 Å². The molecule has 7 nitrogen and oxygen atoms in total. The number of hydrogen-bond acceptors (Lipinski definition) is 7. The molecule has 134 valence electrons. The van der Waals surface area contributed by atoms with Crippen LogP contribution in [0.3, 0.4) is 0 Å². The summed E-state index contributed by atoms with van der Waals surface area (Å²) in [7, 11) is 0. The number of Topliss-reactive ketones (excluding diaryl/α,β-unsaturated/α-hetero) is 1. The van der Waals surface area contributed by atoms with Gasteiger partial charge in [0.15, 0.2) is 5.78 Å². The monoisotopic (exact) mass is 387 g/mol. The van der Waals surface area contributed by atoms with Crippen LogP contribution in [0.15, 0.2) is 46.9 Å². The molecular formula is C17H17N5O2S2. The van der Waals surface area contributed by atoms with Crippen LogP contribution < -0.4 is 5.32 Å². The van der Waals surface area contributed by atoms with E-state index in [0.29, 0.717) is 23.0 Å². The zero-order valence-electron chi connectivity index (χ0n) is 14.2. The lowest BCUT2D eigenvalue weighted by Crippen LogP contribution is -2.15. The first kappa shape index (κ1) is 18.3. The predicted octanol–water partition coefficient (Wildman–Crippen LogP) is 3.10. The number of carbonyl (C=O) groups excluding carboxylic acids is 2. The number of amides is 1. The van der Waals surface area contributed by atoms with E-state index >= 15 is 0 Å². The Morgan fingerprint density at radius 1 is 1.27 bits per heavy atom. The van der Waals surface area contributed by atoms with Gasteiger partial charge in [0.2, 0.25) is 11.1 Å². The van der Waals surface area contributed by atoms with Gasteiger partial charge in [-0.15, -0.1) is 16.4 Å². The fourth-order valence-corrected chi connectivity index (χ4v) is 3.85. The summed E-state index contributed by atoms with van der Waals surface area (Å²) in [5.41, 5.74) is 1.24. The van der Waals surface area contributed by atoms with Gasteiger partial charge in [0.05, 0.1) is 11.8 Å². The molecular weight excluding hydrogens is 370 g/mol. The first-order valence-corrected chi connectivity index (χ1v) is 9.66. The third-order valence-electron chi connectivity index (χ3n) is 3.53. The van der Waals surface area contributed by atoms with Crippen molar-refractivity contribution in [2.45, 2.75) is 30.8 Å². The van der Waals surface area contributed by atoms with Crippen molar-refractivity contribution in [3.05, 3.63) is 52.2 Å². The van der Waals surface area contributed by atoms with E-state index in [2.05, 4.69) is 20.8 Å². The lowest BCUT2D eigenvalue weighted by atomic mass is 10.1. The second-order valence-corrected chi connectivity index (χ2v) is 7.92. The van der Waals surface area contributed by atoms with Crippen LogP contribution in [0.25, 0.3) is 0 Å². The largest absolute Gasteiger partial charge is 0.326 e. The van der Waals surface area contributed by atoms with Crippen molar-refractivity contribution in [2.75, 3.05) is 5.32 Å². The Bertz CT molecular complexity index is 890. The number of ketones is 1. The number of tetrazole rings is 1. The highest BCUT2D eigenvalue weighted by atomic mass is 32.2. The van der Waals surface area contributed by atoms with E-state index in [1.54, 1.807) is 40.3 Å². The third-order valence-corrected chi connectivity index (χ3v) is 5.46. The fraction of sp³-hybridized carbons (Fsp3) is 0.235. The SMILES string of the molecule is CC(=O)Nc1ccc(C(=O)C(C)Sc2nnnn2Cc2cccs2)cc1. The number of nitrogens with one attached hydrogen (secondary N) is 1. The molecule has 1 unspecified atom stereocenters. The molecule has 1 N–H and O–H groups in total. The summed E-state index contributed by atoms with van der Waals surface area (Å²) in [6, 6.07) is 10.8. The number of rotatable bonds is 7. The number of thioether (sulfide) groups is 1. The van der Waals surface area contributed by atoms with Gasteiger partial charge in [0, 0.05) is 23.1 Å². The first-order chi connectivity index (χ1) is 12.5. The van der Waals surface area contributed by atoms with Gasteiger partial charge in [-0.25, -0.2) is 4.68 Å².